The predicted molar refractivity (Wildman–Crippen MR) is 73.4 cm³/mol. The van der Waals surface area contributed by atoms with Crippen LogP contribution in [-0.2, 0) is 0 Å². The van der Waals surface area contributed by atoms with Gasteiger partial charge in [-0.15, -0.1) is 0 Å². The third-order valence-electron chi connectivity index (χ3n) is 3.01. The smallest absolute Gasteiger partial charge is 0.255 e. The van der Waals surface area contributed by atoms with Crippen molar-refractivity contribution in [3.63, 3.8) is 0 Å². The lowest BCUT2D eigenvalue weighted by Gasteiger charge is -2.28. The van der Waals surface area contributed by atoms with Crippen molar-refractivity contribution < 1.29 is 9.90 Å². The van der Waals surface area contributed by atoms with E-state index in [0.29, 0.717) is 16.3 Å². The van der Waals surface area contributed by atoms with Crippen LogP contribution >= 0.6 is 11.6 Å². The lowest BCUT2D eigenvalue weighted by atomic mass is 10.1. The summed E-state index contributed by atoms with van der Waals surface area (Å²) in [4.78, 5) is 12.0. The predicted octanol–water partition coefficient (Wildman–Crippen LogP) is 2.90. The first kappa shape index (κ1) is 11.9. The molecule has 2 aromatic carbocycles. The third-order valence-corrected chi connectivity index (χ3v) is 3.24. The second kappa shape index (κ2) is 4.48. The van der Waals surface area contributed by atoms with E-state index in [9.17, 15) is 9.90 Å². The number of benzene rings is 2. The summed E-state index contributed by atoms with van der Waals surface area (Å²) < 4.78 is 0. The van der Waals surface area contributed by atoms with Crippen molar-refractivity contribution in [2.75, 3.05) is 5.32 Å². The van der Waals surface area contributed by atoms with Gasteiger partial charge in [-0.05, 0) is 35.9 Å². The molecule has 1 aliphatic heterocycles. The molecule has 0 saturated heterocycles. The molecule has 3 N–H and O–H groups in total. The van der Waals surface area contributed by atoms with Crippen LogP contribution in [0, 0.1) is 0 Å². The van der Waals surface area contributed by atoms with Crippen LogP contribution in [0.2, 0.25) is 5.02 Å². The molecule has 3 rings (SSSR count). The highest BCUT2D eigenvalue weighted by Crippen LogP contribution is 2.29. The van der Waals surface area contributed by atoms with Gasteiger partial charge in [0.15, 0.2) is 0 Å². The minimum absolute atomic E-state index is 0.158. The number of amides is 1. The summed E-state index contributed by atoms with van der Waals surface area (Å²) in [7, 11) is 0. The Morgan fingerprint density at radius 3 is 2.74 bits per heavy atom. The van der Waals surface area contributed by atoms with Crippen molar-refractivity contribution in [2.45, 2.75) is 6.17 Å². The number of fused-ring (bicyclic) bond motifs is 1. The van der Waals surface area contributed by atoms with Crippen molar-refractivity contribution in [2.24, 2.45) is 0 Å². The van der Waals surface area contributed by atoms with Crippen molar-refractivity contribution in [3.05, 3.63) is 58.6 Å². The first-order chi connectivity index (χ1) is 9.13. The summed E-state index contributed by atoms with van der Waals surface area (Å²) in [5, 5.41) is 16.1. The van der Waals surface area contributed by atoms with Crippen LogP contribution in [0.3, 0.4) is 0 Å². The van der Waals surface area contributed by atoms with Gasteiger partial charge in [0.2, 0.25) is 0 Å². The van der Waals surface area contributed by atoms with Crippen molar-refractivity contribution in [1.82, 2.24) is 5.32 Å². The number of anilines is 1. The zero-order valence-electron chi connectivity index (χ0n) is 9.85. The normalized spacial score (nSPS) is 17.3. The summed E-state index contributed by atoms with van der Waals surface area (Å²) >= 11 is 5.93. The Balaban J connectivity index is 1.98. The zero-order valence-corrected chi connectivity index (χ0v) is 10.6. The minimum atomic E-state index is -0.384. The Labute approximate surface area is 115 Å². The maximum Gasteiger partial charge on any atom is 0.255 e. The highest BCUT2D eigenvalue weighted by atomic mass is 35.5. The number of hydrogen-bond donors (Lipinski definition) is 3. The van der Waals surface area contributed by atoms with Gasteiger partial charge < -0.3 is 15.7 Å². The van der Waals surface area contributed by atoms with E-state index in [1.54, 1.807) is 36.4 Å². The van der Waals surface area contributed by atoms with Gasteiger partial charge in [-0.1, -0.05) is 23.7 Å². The monoisotopic (exact) mass is 274 g/mol. The third kappa shape index (κ3) is 2.22. The van der Waals surface area contributed by atoms with Crippen LogP contribution in [0.1, 0.15) is 22.1 Å². The summed E-state index contributed by atoms with van der Waals surface area (Å²) in [6.45, 7) is 0. The average molecular weight is 275 g/mol. The van der Waals surface area contributed by atoms with Gasteiger partial charge in [-0.3, -0.25) is 4.79 Å². The van der Waals surface area contributed by atoms with Gasteiger partial charge in [0.05, 0.1) is 11.3 Å². The van der Waals surface area contributed by atoms with E-state index in [-0.39, 0.29) is 17.8 Å². The molecule has 5 heteroatoms. The quantitative estimate of drug-likeness (QED) is 0.749. The van der Waals surface area contributed by atoms with Crippen molar-refractivity contribution in [1.29, 1.82) is 0 Å². The van der Waals surface area contributed by atoms with Gasteiger partial charge in [0, 0.05) is 5.02 Å². The molecule has 0 fully saturated rings. The van der Waals surface area contributed by atoms with Crippen LogP contribution in [-0.4, -0.2) is 11.0 Å². The second-order valence-electron chi connectivity index (χ2n) is 4.34. The lowest BCUT2D eigenvalue weighted by molar-refractivity contribution is 0.0935. The molecular weight excluding hydrogens is 264 g/mol. The van der Waals surface area contributed by atoms with Gasteiger partial charge >= 0.3 is 0 Å². The number of phenolic OH excluding ortho intramolecular Hbond substituents is 1. The summed E-state index contributed by atoms with van der Waals surface area (Å²) in [5.74, 6) is -0.0100. The van der Waals surface area contributed by atoms with Crippen LogP contribution in [0.25, 0.3) is 0 Å². The number of aromatic hydroxyl groups is 1. The molecule has 0 unspecified atom stereocenters. The molecule has 0 aromatic heterocycles. The summed E-state index contributed by atoms with van der Waals surface area (Å²) in [6, 6.07) is 11.8. The molecule has 2 aromatic rings. The molecule has 1 aliphatic rings. The molecule has 0 bridgehead atoms. The Morgan fingerprint density at radius 2 is 1.95 bits per heavy atom. The average Bonchev–Trinajstić information content (AvgIpc) is 2.38. The van der Waals surface area contributed by atoms with Crippen LogP contribution < -0.4 is 10.6 Å². The van der Waals surface area contributed by atoms with Gasteiger partial charge in [0.1, 0.15) is 11.9 Å². The molecule has 4 nitrogen and oxygen atoms in total. The first-order valence-electron chi connectivity index (χ1n) is 5.79. The van der Waals surface area contributed by atoms with Crippen LogP contribution in [0.5, 0.6) is 5.75 Å². The number of carbonyl (C=O) groups is 1. The van der Waals surface area contributed by atoms with Crippen molar-refractivity contribution in [3.8, 4) is 5.75 Å². The number of halogens is 1. The molecule has 0 spiro atoms. The molecule has 0 saturated carbocycles. The van der Waals surface area contributed by atoms with E-state index in [0.717, 1.165) is 5.56 Å². The first-order valence-corrected chi connectivity index (χ1v) is 6.17. The SMILES string of the molecule is O=C1N[C@@H](c2cccc(O)c2)Nc2cc(Cl)ccc21. The second-order valence-corrected chi connectivity index (χ2v) is 4.77. The van der Waals surface area contributed by atoms with E-state index in [1.165, 1.54) is 0 Å². The largest absolute Gasteiger partial charge is 0.508 e. The highest BCUT2D eigenvalue weighted by molar-refractivity contribution is 6.31. The van der Waals surface area contributed by atoms with Gasteiger partial charge in [-0.2, -0.15) is 0 Å². The molecule has 0 radical (unpaired) electrons. The molecule has 1 atom stereocenters. The van der Waals surface area contributed by atoms with E-state index in [1.807, 2.05) is 6.07 Å². The van der Waals surface area contributed by atoms with Crippen LogP contribution in [0.4, 0.5) is 5.69 Å². The fraction of sp³-hybridized carbons (Fsp3) is 0.0714. The number of hydrogen-bond acceptors (Lipinski definition) is 3. The highest BCUT2D eigenvalue weighted by Gasteiger charge is 2.24. The molecule has 1 heterocycles. The Morgan fingerprint density at radius 1 is 1.11 bits per heavy atom. The molecule has 19 heavy (non-hydrogen) atoms. The summed E-state index contributed by atoms with van der Waals surface area (Å²) in [5.41, 5.74) is 2.02. The fourth-order valence-electron chi connectivity index (χ4n) is 2.11. The number of carbonyl (C=O) groups excluding carboxylic acids is 1. The van der Waals surface area contributed by atoms with E-state index in [2.05, 4.69) is 10.6 Å². The van der Waals surface area contributed by atoms with E-state index < -0.39 is 0 Å². The van der Waals surface area contributed by atoms with E-state index >= 15 is 0 Å². The molecule has 0 aliphatic carbocycles. The minimum Gasteiger partial charge on any atom is -0.508 e. The molecular formula is C14H11ClN2O2. The number of rotatable bonds is 1. The number of nitrogens with one attached hydrogen (secondary N) is 2. The Hall–Kier alpha value is -2.20. The standard InChI is InChI=1S/C14H11ClN2O2/c15-9-4-5-11-12(7-9)16-13(17-14(11)19)8-2-1-3-10(18)6-8/h1-7,13,16,18H,(H,17,19)/t13-/m0/s1. The summed E-state index contributed by atoms with van der Waals surface area (Å²) in [6.07, 6.45) is -0.384. The Kier molecular flexibility index (Phi) is 2.80. The van der Waals surface area contributed by atoms with Crippen molar-refractivity contribution >= 4 is 23.2 Å². The number of phenols is 1. The molecule has 96 valence electrons. The Bertz CT molecular complexity index is 658. The topological polar surface area (TPSA) is 61.4 Å². The van der Waals surface area contributed by atoms with E-state index in [4.69, 9.17) is 11.6 Å². The maximum absolute atomic E-state index is 12.0. The van der Waals surface area contributed by atoms with Crippen LogP contribution in [0.15, 0.2) is 42.5 Å². The van der Waals surface area contributed by atoms with Gasteiger partial charge in [-0.25, -0.2) is 0 Å². The zero-order chi connectivity index (χ0) is 13.4. The maximum atomic E-state index is 12.0. The van der Waals surface area contributed by atoms with Gasteiger partial charge in [0.25, 0.3) is 5.91 Å². The lowest BCUT2D eigenvalue weighted by Crippen LogP contribution is -2.38. The molecule has 1 amide bonds. The fourth-order valence-corrected chi connectivity index (χ4v) is 2.28.